The molecule has 0 saturated heterocycles. The van der Waals surface area contributed by atoms with Gasteiger partial charge in [-0.2, -0.15) is 13.2 Å². The molecule has 1 aliphatic heterocycles. The molecule has 0 aromatic heterocycles. The second-order valence-electron chi connectivity index (χ2n) is 6.08. The summed E-state index contributed by atoms with van der Waals surface area (Å²) in [6.07, 6.45) is -4.57. The van der Waals surface area contributed by atoms with E-state index in [-0.39, 0.29) is 11.3 Å². The molecule has 0 radical (unpaired) electrons. The van der Waals surface area contributed by atoms with E-state index in [2.05, 4.69) is 0 Å². The molecule has 0 aliphatic carbocycles. The smallest absolute Gasteiger partial charge is 0.366 e. The Morgan fingerprint density at radius 1 is 1.17 bits per heavy atom. The first-order valence-electron chi connectivity index (χ1n) is 7.31. The largest absolute Gasteiger partial charge is 0.400 e. The number of rotatable bonds is 2. The summed E-state index contributed by atoms with van der Waals surface area (Å²) in [5.74, 6) is 0. The predicted molar refractivity (Wildman–Crippen MR) is 84.1 cm³/mol. The van der Waals surface area contributed by atoms with Crippen molar-refractivity contribution in [2.45, 2.75) is 24.6 Å². The minimum Gasteiger partial charge on any atom is -0.366 e. The molecule has 3 rings (SSSR count). The minimum absolute atomic E-state index is 0.0689. The third kappa shape index (κ3) is 2.15. The molecular formula is C17H15F3N2O2. The van der Waals surface area contributed by atoms with Gasteiger partial charge in [-0.1, -0.05) is 30.3 Å². The lowest BCUT2D eigenvalue weighted by Gasteiger charge is -2.37. The van der Waals surface area contributed by atoms with Gasteiger partial charge in [-0.05, 0) is 24.1 Å². The molecule has 4 nitrogen and oxygen atoms in total. The van der Waals surface area contributed by atoms with Gasteiger partial charge in [0.2, 0.25) is 0 Å². The molecule has 1 heterocycles. The monoisotopic (exact) mass is 336 g/mol. The van der Waals surface area contributed by atoms with Crippen LogP contribution in [-0.2, 0) is 5.41 Å². The van der Waals surface area contributed by atoms with Crippen LogP contribution >= 0.6 is 0 Å². The average molecular weight is 336 g/mol. The number of hydrogen-bond donors (Lipinski definition) is 0. The van der Waals surface area contributed by atoms with Crippen molar-refractivity contribution in [1.82, 2.24) is 0 Å². The molecule has 2 aromatic carbocycles. The maximum absolute atomic E-state index is 14.1. The Hall–Kier alpha value is -2.57. The summed E-state index contributed by atoms with van der Waals surface area (Å²) < 4.78 is 42.2. The second-order valence-corrected chi connectivity index (χ2v) is 6.08. The van der Waals surface area contributed by atoms with Crippen LogP contribution in [0.4, 0.5) is 24.5 Å². The van der Waals surface area contributed by atoms with Crippen LogP contribution in [0.2, 0.25) is 0 Å². The fourth-order valence-electron chi connectivity index (χ4n) is 3.53. The first kappa shape index (κ1) is 16.3. The molecule has 0 saturated carbocycles. The van der Waals surface area contributed by atoms with Gasteiger partial charge in [0.05, 0.1) is 11.0 Å². The number of fused-ring (bicyclic) bond motifs is 1. The third-order valence-corrected chi connectivity index (χ3v) is 4.77. The topological polar surface area (TPSA) is 46.4 Å². The molecule has 0 N–H and O–H groups in total. The van der Waals surface area contributed by atoms with E-state index in [0.717, 1.165) is 13.0 Å². The number of anilines is 1. The van der Waals surface area contributed by atoms with Gasteiger partial charge in [0.15, 0.2) is 0 Å². The zero-order chi connectivity index (χ0) is 17.7. The lowest BCUT2D eigenvalue weighted by molar-refractivity contribution is -0.385. The lowest BCUT2D eigenvalue weighted by atomic mass is 9.75. The molecule has 24 heavy (non-hydrogen) atoms. The van der Waals surface area contributed by atoms with E-state index in [9.17, 15) is 23.3 Å². The van der Waals surface area contributed by atoms with E-state index in [4.69, 9.17) is 0 Å². The van der Waals surface area contributed by atoms with Gasteiger partial charge in [-0.15, -0.1) is 0 Å². The highest BCUT2D eigenvalue weighted by atomic mass is 19.4. The molecule has 2 aromatic rings. The zero-order valence-electron chi connectivity index (χ0n) is 13.0. The highest BCUT2D eigenvalue weighted by Crippen LogP contribution is 2.59. The van der Waals surface area contributed by atoms with Crippen molar-refractivity contribution in [1.29, 1.82) is 0 Å². The molecule has 2 atom stereocenters. The summed E-state index contributed by atoms with van der Waals surface area (Å²) in [4.78, 5) is 11.9. The van der Waals surface area contributed by atoms with Crippen molar-refractivity contribution in [2.24, 2.45) is 0 Å². The molecule has 0 bridgehead atoms. The fraction of sp³-hybridized carbons (Fsp3) is 0.294. The molecule has 1 aliphatic rings. The number of non-ortho nitro benzene ring substituents is 1. The first-order chi connectivity index (χ1) is 11.2. The minimum atomic E-state index is -4.57. The molecule has 126 valence electrons. The highest BCUT2D eigenvalue weighted by molar-refractivity contribution is 5.68. The summed E-state index contributed by atoms with van der Waals surface area (Å²) in [6, 6.07) is 11.1. The Labute approximate surface area is 136 Å². The van der Waals surface area contributed by atoms with Crippen molar-refractivity contribution >= 4 is 11.4 Å². The van der Waals surface area contributed by atoms with Crippen molar-refractivity contribution in [3.05, 3.63) is 69.8 Å². The molecule has 7 heteroatoms. The van der Waals surface area contributed by atoms with Gasteiger partial charge in [0.1, 0.15) is 5.41 Å². The predicted octanol–water partition coefficient (Wildman–Crippen LogP) is 4.61. The zero-order valence-corrected chi connectivity index (χ0v) is 13.0. The summed E-state index contributed by atoms with van der Waals surface area (Å²) >= 11 is 0. The maximum Gasteiger partial charge on any atom is 0.400 e. The van der Waals surface area contributed by atoms with Crippen LogP contribution in [0.5, 0.6) is 0 Å². The second kappa shape index (κ2) is 5.22. The Bertz CT molecular complexity index is 792. The SMILES string of the molecule is CN1c2ccc([N+](=O)[O-])cc2[C@](C)(C(F)(F)F)[C@@H]1c1ccccc1. The van der Waals surface area contributed by atoms with Gasteiger partial charge in [0, 0.05) is 24.9 Å². The number of alkyl halides is 3. The number of halogens is 3. The summed E-state index contributed by atoms with van der Waals surface area (Å²) in [7, 11) is 1.58. The van der Waals surface area contributed by atoms with Crippen molar-refractivity contribution in [3.8, 4) is 0 Å². The molecule has 0 unspecified atom stereocenters. The lowest BCUT2D eigenvalue weighted by Crippen LogP contribution is -2.45. The van der Waals surface area contributed by atoms with Crippen LogP contribution in [0.25, 0.3) is 0 Å². The standard InChI is InChI=1S/C17H15F3N2O2/c1-16(17(18,19)20)13-10-12(22(23)24)8-9-14(13)21(2)15(16)11-6-4-3-5-7-11/h3-10,15H,1-2H3/t15-,16-/m0/s1. The molecular weight excluding hydrogens is 321 g/mol. The Morgan fingerprint density at radius 3 is 2.33 bits per heavy atom. The van der Waals surface area contributed by atoms with E-state index in [0.29, 0.717) is 11.3 Å². The van der Waals surface area contributed by atoms with E-state index in [1.54, 1.807) is 42.3 Å². The third-order valence-electron chi connectivity index (χ3n) is 4.77. The van der Waals surface area contributed by atoms with Gasteiger partial charge < -0.3 is 4.90 Å². The number of nitro groups is 1. The Kier molecular flexibility index (Phi) is 3.55. The van der Waals surface area contributed by atoms with Crippen LogP contribution in [0.15, 0.2) is 48.5 Å². The molecule has 0 fully saturated rings. The van der Waals surface area contributed by atoms with Crippen LogP contribution in [0.1, 0.15) is 24.1 Å². The highest BCUT2D eigenvalue weighted by Gasteiger charge is 2.63. The number of nitrogens with zero attached hydrogens (tertiary/aromatic N) is 2. The maximum atomic E-state index is 14.1. The van der Waals surface area contributed by atoms with Crippen LogP contribution in [0.3, 0.4) is 0 Å². The molecule has 0 spiro atoms. The van der Waals surface area contributed by atoms with Crippen molar-refractivity contribution in [3.63, 3.8) is 0 Å². The van der Waals surface area contributed by atoms with Crippen LogP contribution in [-0.4, -0.2) is 18.1 Å². The normalized spacial score (nSPS) is 23.2. The van der Waals surface area contributed by atoms with Crippen molar-refractivity contribution < 1.29 is 18.1 Å². The van der Waals surface area contributed by atoms with Gasteiger partial charge in [-0.3, -0.25) is 10.1 Å². The Balaban J connectivity index is 2.28. The number of hydrogen-bond acceptors (Lipinski definition) is 3. The quantitative estimate of drug-likeness (QED) is 0.594. The van der Waals surface area contributed by atoms with Crippen LogP contribution in [0, 0.1) is 10.1 Å². The van der Waals surface area contributed by atoms with E-state index in [1.807, 2.05) is 0 Å². The van der Waals surface area contributed by atoms with Gasteiger partial charge in [-0.25, -0.2) is 0 Å². The summed E-state index contributed by atoms with van der Waals surface area (Å²) in [6.45, 7) is 1.11. The first-order valence-corrected chi connectivity index (χ1v) is 7.31. The number of nitro benzene ring substituents is 1. The van der Waals surface area contributed by atoms with Gasteiger partial charge in [0.25, 0.3) is 5.69 Å². The number of likely N-dealkylation sites (N-methyl/N-ethyl adjacent to an activating group) is 1. The van der Waals surface area contributed by atoms with Gasteiger partial charge >= 0.3 is 6.18 Å². The van der Waals surface area contributed by atoms with E-state index in [1.165, 1.54) is 12.1 Å². The number of benzene rings is 2. The van der Waals surface area contributed by atoms with Crippen molar-refractivity contribution in [2.75, 3.05) is 11.9 Å². The van der Waals surface area contributed by atoms with Crippen LogP contribution < -0.4 is 4.90 Å². The average Bonchev–Trinajstić information content (AvgIpc) is 2.76. The Morgan fingerprint density at radius 2 is 1.79 bits per heavy atom. The molecule has 0 amide bonds. The summed E-state index contributed by atoms with van der Waals surface area (Å²) in [5.41, 5.74) is -1.79. The van der Waals surface area contributed by atoms with E-state index >= 15 is 0 Å². The fourth-order valence-corrected chi connectivity index (χ4v) is 3.53. The van der Waals surface area contributed by atoms with E-state index < -0.39 is 22.6 Å². The summed E-state index contributed by atoms with van der Waals surface area (Å²) in [5, 5.41) is 11.0.